The third-order valence-electron chi connectivity index (χ3n) is 3.54. The quantitative estimate of drug-likeness (QED) is 0.893. The maximum atomic E-state index is 12.1. The van der Waals surface area contributed by atoms with Gasteiger partial charge in [-0.15, -0.1) is 11.3 Å². The van der Waals surface area contributed by atoms with Crippen LogP contribution in [0.3, 0.4) is 0 Å². The number of carbonyl (C=O) groups is 2. The van der Waals surface area contributed by atoms with Crippen molar-refractivity contribution in [3.63, 3.8) is 0 Å². The average molecular weight is 297 g/mol. The second-order valence-corrected chi connectivity index (χ2v) is 5.97. The Morgan fingerprint density at radius 1 is 1.55 bits per heavy atom. The van der Waals surface area contributed by atoms with Gasteiger partial charge in [0.05, 0.1) is 12.2 Å². The van der Waals surface area contributed by atoms with Crippen LogP contribution in [0.25, 0.3) is 0 Å². The number of aromatic carboxylic acids is 1. The number of likely N-dealkylation sites (tertiary alicyclic amines) is 1. The fourth-order valence-electron chi connectivity index (χ4n) is 2.51. The van der Waals surface area contributed by atoms with E-state index < -0.39 is 5.97 Å². The van der Waals surface area contributed by atoms with Crippen molar-refractivity contribution >= 4 is 23.3 Å². The lowest BCUT2D eigenvalue weighted by Gasteiger charge is -2.23. The molecule has 1 atom stereocenters. The lowest BCUT2D eigenvalue weighted by atomic mass is 10.2. The van der Waals surface area contributed by atoms with Gasteiger partial charge in [-0.25, -0.2) is 14.6 Å². The van der Waals surface area contributed by atoms with E-state index in [9.17, 15) is 9.59 Å². The van der Waals surface area contributed by atoms with E-state index in [1.165, 1.54) is 0 Å². The molecule has 0 spiro atoms. The highest BCUT2D eigenvalue weighted by Gasteiger charge is 2.27. The molecule has 1 aliphatic rings. The fourth-order valence-corrected chi connectivity index (χ4v) is 3.35. The summed E-state index contributed by atoms with van der Waals surface area (Å²) in [6.07, 6.45) is 3.07. The van der Waals surface area contributed by atoms with Gasteiger partial charge in [-0.1, -0.05) is 6.92 Å². The van der Waals surface area contributed by atoms with Gasteiger partial charge in [0.1, 0.15) is 9.88 Å². The molecule has 110 valence electrons. The fraction of sp³-hybridized carbons (Fsp3) is 0.615. The first-order chi connectivity index (χ1) is 9.52. The number of aromatic nitrogens is 1. The highest BCUT2D eigenvalue weighted by atomic mass is 32.1. The van der Waals surface area contributed by atoms with Crippen LogP contribution < -0.4 is 5.32 Å². The molecule has 0 radical (unpaired) electrons. The third kappa shape index (κ3) is 3.09. The largest absolute Gasteiger partial charge is 0.477 e. The molecule has 1 unspecified atom stereocenters. The van der Waals surface area contributed by atoms with E-state index in [0.717, 1.165) is 37.1 Å². The summed E-state index contributed by atoms with van der Waals surface area (Å²) in [6, 6.07) is 0.238. The van der Waals surface area contributed by atoms with Gasteiger partial charge in [0.25, 0.3) is 0 Å². The Labute approximate surface area is 121 Å². The summed E-state index contributed by atoms with van der Waals surface area (Å²) in [4.78, 5) is 29.3. The standard InChI is InChI=1S/C13H19N3O3S/c1-3-9-5-4-6-16(9)13(19)14-7-10-15-8(2)11(20-10)12(17)18/h9H,3-7H2,1-2H3,(H,14,19)(H,17,18). The van der Waals surface area contributed by atoms with Crippen molar-refractivity contribution in [1.82, 2.24) is 15.2 Å². The molecule has 2 N–H and O–H groups in total. The van der Waals surface area contributed by atoms with E-state index in [1.54, 1.807) is 6.92 Å². The first-order valence-electron chi connectivity index (χ1n) is 6.77. The number of nitrogens with one attached hydrogen (secondary N) is 1. The van der Waals surface area contributed by atoms with E-state index in [0.29, 0.717) is 16.7 Å². The molecule has 1 aliphatic heterocycles. The van der Waals surface area contributed by atoms with Crippen LogP contribution in [0.2, 0.25) is 0 Å². The Morgan fingerprint density at radius 2 is 2.30 bits per heavy atom. The van der Waals surface area contributed by atoms with Crippen molar-refractivity contribution in [3.05, 3.63) is 15.6 Å². The lowest BCUT2D eigenvalue weighted by Crippen LogP contribution is -2.42. The maximum Gasteiger partial charge on any atom is 0.347 e. The molecule has 2 rings (SSSR count). The maximum absolute atomic E-state index is 12.1. The number of carbonyl (C=O) groups excluding carboxylic acids is 1. The summed E-state index contributed by atoms with van der Waals surface area (Å²) in [5, 5.41) is 12.4. The third-order valence-corrected chi connectivity index (χ3v) is 4.68. The van der Waals surface area contributed by atoms with Gasteiger partial charge in [0.2, 0.25) is 0 Å². The van der Waals surface area contributed by atoms with Crippen LogP contribution in [0, 0.1) is 6.92 Å². The predicted octanol–water partition coefficient (Wildman–Crippen LogP) is 2.23. The predicted molar refractivity (Wildman–Crippen MR) is 76.1 cm³/mol. The molecule has 0 aromatic carbocycles. The number of rotatable bonds is 4. The van der Waals surface area contributed by atoms with E-state index >= 15 is 0 Å². The first kappa shape index (κ1) is 14.8. The molecular weight excluding hydrogens is 278 g/mol. The van der Waals surface area contributed by atoms with Crippen molar-refractivity contribution in [3.8, 4) is 0 Å². The molecular formula is C13H19N3O3S. The van der Waals surface area contributed by atoms with Crippen LogP contribution in [0.15, 0.2) is 0 Å². The molecule has 2 heterocycles. The van der Waals surface area contributed by atoms with Crippen LogP contribution in [-0.4, -0.2) is 39.6 Å². The van der Waals surface area contributed by atoms with Gasteiger partial charge in [-0.3, -0.25) is 0 Å². The van der Waals surface area contributed by atoms with E-state index in [2.05, 4.69) is 17.2 Å². The molecule has 2 amide bonds. The van der Waals surface area contributed by atoms with Crippen LogP contribution in [0.1, 0.15) is 46.6 Å². The van der Waals surface area contributed by atoms with E-state index in [-0.39, 0.29) is 17.5 Å². The van der Waals surface area contributed by atoms with Crippen LogP contribution >= 0.6 is 11.3 Å². The molecule has 0 bridgehead atoms. The molecule has 1 fully saturated rings. The molecule has 7 heteroatoms. The second-order valence-electron chi connectivity index (χ2n) is 4.88. The second kappa shape index (κ2) is 6.21. The Bertz CT molecular complexity index is 515. The number of thiazole rings is 1. The highest BCUT2D eigenvalue weighted by Crippen LogP contribution is 2.20. The van der Waals surface area contributed by atoms with Gasteiger partial charge in [0.15, 0.2) is 0 Å². The van der Waals surface area contributed by atoms with E-state index in [4.69, 9.17) is 5.11 Å². The monoisotopic (exact) mass is 297 g/mol. The molecule has 6 nitrogen and oxygen atoms in total. The number of nitrogens with zero attached hydrogens (tertiary/aromatic N) is 2. The van der Waals surface area contributed by atoms with Crippen molar-refractivity contribution in [2.24, 2.45) is 0 Å². The van der Waals surface area contributed by atoms with Gasteiger partial charge >= 0.3 is 12.0 Å². The molecule has 0 saturated carbocycles. The highest BCUT2D eigenvalue weighted by molar-refractivity contribution is 7.13. The van der Waals surface area contributed by atoms with Gasteiger partial charge < -0.3 is 15.3 Å². The zero-order valence-corrected chi connectivity index (χ0v) is 12.5. The van der Waals surface area contributed by atoms with Crippen molar-refractivity contribution in [1.29, 1.82) is 0 Å². The molecule has 20 heavy (non-hydrogen) atoms. The molecule has 1 aromatic heterocycles. The number of hydrogen-bond acceptors (Lipinski definition) is 4. The van der Waals surface area contributed by atoms with Gasteiger partial charge in [0, 0.05) is 12.6 Å². The van der Waals surface area contributed by atoms with Crippen molar-refractivity contribution in [2.45, 2.75) is 45.7 Å². The van der Waals surface area contributed by atoms with E-state index in [1.807, 2.05) is 4.90 Å². The van der Waals surface area contributed by atoms with Crippen LogP contribution in [0.4, 0.5) is 4.79 Å². The van der Waals surface area contributed by atoms with Crippen LogP contribution in [-0.2, 0) is 6.54 Å². The van der Waals surface area contributed by atoms with Crippen LogP contribution in [0.5, 0.6) is 0 Å². The zero-order valence-electron chi connectivity index (χ0n) is 11.7. The SMILES string of the molecule is CCC1CCCN1C(=O)NCc1nc(C)c(C(=O)O)s1. The number of amides is 2. The Kier molecular flexibility index (Phi) is 4.59. The topological polar surface area (TPSA) is 82.5 Å². The number of carboxylic acids is 1. The summed E-state index contributed by atoms with van der Waals surface area (Å²) in [6.45, 7) is 4.82. The summed E-state index contributed by atoms with van der Waals surface area (Å²) in [7, 11) is 0. The minimum Gasteiger partial charge on any atom is -0.477 e. The smallest absolute Gasteiger partial charge is 0.347 e. The Hall–Kier alpha value is -1.63. The minimum absolute atomic E-state index is 0.0842. The van der Waals surface area contributed by atoms with Gasteiger partial charge in [-0.05, 0) is 26.2 Å². The normalized spacial score (nSPS) is 18.3. The molecule has 1 saturated heterocycles. The molecule has 1 aromatic rings. The number of urea groups is 1. The number of hydrogen-bond donors (Lipinski definition) is 2. The Balaban J connectivity index is 1.93. The number of aryl methyl sites for hydroxylation is 1. The Morgan fingerprint density at radius 3 is 2.90 bits per heavy atom. The summed E-state index contributed by atoms with van der Waals surface area (Å²) < 4.78 is 0. The lowest BCUT2D eigenvalue weighted by molar-refractivity contribution is 0.0701. The van der Waals surface area contributed by atoms with Crippen molar-refractivity contribution in [2.75, 3.05) is 6.54 Å². The number of carboxylic acid groups (broad SMARTS) is 1. The average Bonchev–Trinajstić information content (AvgIpc) is 3.01. The first-order valence-corrected chi connectivity index (χ1v) is 7.58. The molecule has 0 aliphatic carbocycles. The van der Waals surface area contributed by atoms with Crippen molar-refractivity contribution < 1.29 is 14.7 Å². The summed E-state index contributed by atoms with van der Waals surface area (Å²) in [5.74, 6) is -0.969. The zero-order chi connectivity index (χ0) is 14.7. The summed E-state index contributed by atoms with van der Waals surface area (Å²) in [5.41, 5.74) is 0.499. The minimum atomic E-state index is -0.969. The van der Waals surface area contributed by atoms with Gasteiger partial charge in [-0.2, -0.15) is 0 Å². The summed E-state index contributed by atoms with van der Waals surface area (Å²) >= 11 is 1.11.